The number of ether oxygens (including phenoxy) is 1. The first-order valence-electron chi connectivity index (χ1n) is 4.69. The maximum atomic E-state index is 5.58. The lowest BCUT2D eigenvalue weighted by Crippen LogP contribution is -1.97. The van der Waals surface area contributed by atoms with Crippen molar-refractivity contribution in [3.8, 4) is 5.75 Å². The molecule has 0 aliphatic rings. The molecule has 2 nitrogen and oxygen atoms in total. The van der Waals surface area contributed by atoms with Crippen LogP contribution in [0.15, 0.2) is 53.6 Å². The lowest BCUT2D eigenvalue weighted by molar-refractivity contribution is 0.300. The third-order valence-corrected chi connectivity index (χ3v) is 2.26. The molecule has 0 saturated carbocycles. The van der Waals surface area contributed by atoms with E-state index in [0.29, 0.717) is 6.61 Å². The van der Waals surface area contributed by atoms with Gasteiger partial charge in [-0.1, -0.05) is 12.1 Å². The fourth-order valence-corrected chi connectivity index (χ4v) is 1.47. The first-order chi connectivity index (χ1) is 7.34. The van der Waals surface area contributed by atoms with E-state index in [1.807, 2.05) is 42.5 Å². The van der Waals surface area contributed by atoms with Crippen molar-refractivity contribution in [2.24, 2.45) is 0 Å². The molecule has 0 fully saturated rings. The Morgan fingerprint density at radius 1 is 1.13 bits per heavy atom. The summed E-state index contributed by atoms with van der Waals surface area (Å²) in [5.41, 5.74) is 0.928. The van der Waals surface area contributed by atoms with E-state index in [1.54, 1.807) is 6.20 Å². The van der Waals surface area contributed by atoms with Crippen LogP contribution in [0.1, 0.15) is 5.69 Å². The molecule has 1 aromatic heterocycles. The minimum Gasteiger partial charge on any atom is -0.487 e. The van der Waals surface area contributed by atoms with Crippen LogP contribution in [0.5, 0.6) is 5.75 Å². The molecule has 3 heteroatoms. The van der Waals surface area contributed by atoms with Gasteiger partial charge in [-0.2, -0.15) is 0 Å². The Bertz CT molecular complexity index is 431. The molecular weight excluding hydrogens is 206 g/mol. The summed E-state index contributed by atoms with van der Waals surface area (Å²) < 4.78 is 5.58. The quantitative estimate of drug-likeness (QED) is 0.735. The molecule has 0 atom stereocenters. The molecule has 1 heterocycles. The fraction of sp³-hybridized carbons (Fsp3) is 0.0833. The minimum atomic E-state index is 0.497. The molecule has 15 heavy (non-hydrogen) atoms. The second-order valence-corrected chi connectivity index (χ2v) is 3.71. The van der Waals surface area contributed by atoms with E-state index in [2.05, 4.69) is 17.6 Å². The van der Waals surface area contributed by atoms with E-state index in [1.165, 1.54) is 0 Å². The Kier molecular flexibility index (Phi) is 3.25. The summed E-state index contributed by atoms with van der Waals surface area (Å²) in [6.07, 6.45) is 1.76. The molecule has 0 spiro atoms. The number of pyridine rings is 1. The van der Waals surface area contributed by atoms with Crippen molar-refractivity contribution in [2.75, 3.05) is 0 Å². The third-order valence-electron chi connectivity index (χ3n) is 1.95. The summed E-state index contributed by atoms with van der Waals surface area (Å²) >= 11 is 3.44. The van der Waals surface area contributed by atoms with E-state index in [4.69, 9.17) is 4.74 Å². The number of nitrogens with zero attached hydrogens (tertiary/aromatic N) is 1. The number of aromatic nitrogens is 1. The molecule has 0 aliphatic heterocycles. The SMILES string of the molecule is [SH2+]c1cccc(OCc2ccccn2)c1. The predicted molar refractivity (Wildman–Crippen MR) is 63.4 cm³/mol. The zero-order valence-corrected chi connectivity index (χ0v) is 9.18. The molecule has 2 rings (SSSR count). The first kappa shape index (κ1) is 10.1. The monoisotopic (exact) mass is 218 g/mol. The van der Waals surface area contributed by atoms with E-state index in [9.17, 15) is 0 Å². The highest BCUT2D eigenvalue weighted by Crippen LogP contribution is 2.13. The van der Waals surface area contributed by atoms with Crippen LogP contribution in [0.4, 0.5) is 0 Å². The van der Waals surface area contributed by atoms with Crippen LogP contribution >= 0.6 is 0 Å². The van der Waals surface area contributed by atoms with Gasteiger partial charge >= 0.3 is 0 Å². The lowest BCUT2D eigenvalue weighted by Gasteiger charge is -2.04. The molecule has 0 amide bonds. The van der Waals surface area contributed by atoms with Crippen molar-refractivity contribution in [3.63, 3.8) is 0 Å². The summed E-state index contributed by atoms with van der Waals surface area (Å²) in [6, 6.07) is 13.5. The Balaban J connectivity index is 1.99. The van der Waals surface area contributed by atoms with Crippen LogP contribution < -0.4 is 4.74 Å². The molecule has 0 unspecified atom stereocenters. The van der Waals surface area contributed by atoms with Crippen LogP contribution in [-0.4, -0.2) is 4.98 Å². The van der Waals surface area contributed by atoms with Gasteiger partial charge in [-0.3, -0.25) is 4.98 Å². The zero-order valence-electron chi connectivity index (χ0n) is 8.18. The van der Waals surface area contributed by atoms with Crippen LogP contribution in [-0.2, 0) is 19.2 Å². The van der Waals surface area contributed by atoms with Gasteiger partial charge in [0.15, 0.2) is 4.90 Å². The Labute approximate surface area is 94.3 Å². The molecule has 76 valence electrons. The van der Waals surface area contributed by atoms with Crippen LogP contribution in [0.2, 0.25) is 0 Å². The summed E-state index contributed by atoms with van der Waals surface area (Å²) in [5, 5.41) is 0. The maximum absolute atomic E-state index is 5.58. The van der Waals surface area contributed by atoms with Gasteiger partial charge in [-0.25, -0.2) is 0 Å². The van der Waals surface area contributed by atoms with Crippen molar-refractivity contribution < 1.29 is 4.74 Å². The van der Waals surface area contributed by atoms with Crippen LogP contribution in [0.25, 0.3) is 0 Å². The van der Waals surface area contributed by atoms with Gasteiger partial charge in [0.1, 0.15) is 12.4 Å². The van der Waals surface area contributed by atoms with Gasteiger partial charge in [0.2, 0.25) is 0 Å². The Morgan fingerprint density at radius 2 is 2.07 bits per heavy atom. The number of rotatable bonds is 3. The highest BCUT2D eigenvalue weighted by molar-refractivity contribution is 7.58. The standard InChI is InChI=1S/C12H11NOS/c15-12-6-3-5-11(8-12)14-9-10-4-1-2-7-13-10/h1-8,15H,9H2/p+1. The number of hydrogen-bond donors (Lipinski definition) is 0. The van der Waals surface area contributed by atoms with E-state index >= 15 is 0 Å². The molecule has 0 aliphatic carbocycles. The minimum absolute atomic E-state index is 0.497. The van der Waals surface area contributed by atoms with Crippen molar-refractivity contribution in [1.29, 1.82) is 0 Å². The highest BCUT2D eigenvalue weighted by Gasteiger charge is 1.98. The predicted octanol–water partition coefficient (Wildman–Crippen LogP) is 2.03. The van der Waals surface area contributed by atoms with Crippen LogP contribution in [0, 0.1) is 0 Å². The molecule has 0 N–H and O–H groups in total. The number of benzene rings is 1. The van der Waals surface area contributed by atoms with E-state index in [-0.39, 0.29) is 0 Å². The average molecular weight is 218 g/mol. The van der Waals surface area contributed by atoms with Crippen molar-refractivity contribution in [1.82, 2.24) is 4.98 Å². The Hall–Kier alpha value is -1.48. The second-order valence-electron chi connectivity index (χ2n) is 3.14. The van der Waals surface area contributed by atoms with E-state index < -0.39 is 0 Å². The van der Waals surface area contributed by atoms with Crippen molar-refractivity contribution >= 4 is 12.6 Å². The molecule has 0 radical (unpaired) electrons. The fourth-order valence-electron chi connectivity index (χ4n) is 1.23. The lowest BCUT2D eigenvalue weighted by atomic mass is 10.3. The maximum Gasteiger partial charge on any atom is 0.154 e. The molecular formula is C12H12NOS+. The molecule has 0 saturated heterocycles. The second kappa shape index (κ2) is 4.84. The van der Waals surface area contributed by atoms with Crippen molar-refractivity contribution in [2.45, 2.75) is 11.5 Å². The van der Waals surface area contributed by atoms with Gasteiger partial charge in [0.05, 0.1) is 5.69 Å². The largest absolute Gasteiger partial charge is 0.487 e. The molecule has 0 bridgehead atoms. The highest BCUT2D eigenvalue weighted by atomic mass is 32.1. The summed E-state index contributed by atoms with van der Waals surface area (Å²) in [6.45, 7) is 0.497. The van der Waals surface area contributed by atoms with Crippen LogP contribution in [0.3, 0.4) is 0 Å². The van der Waals surface area contributed by atoms with Gasteiger partial charge in [0.25, 0.3) is 0 Å². The van der Waals surface area contributed by atoms with Gasteiger partial charge in [-0.15, -0.1) is 0 Å². The normalized spacial score (nSPS) is 9.93. The van der Waals surface area contributed by atoms with E-state index in [0.717, 1.165) is 16.3 Å². The zero-order chi connectivity index (χ0) is 10.5. The van der Waals surface area contributed by atoms with Crippen molar-refractivity contribution in [3.05, 3.63) is 54.4 Å². The first-order valence-corrected chi connectivity index (χ1v) is 5.19. The topological polar surface area (TPSA) is 22.1 Å². The summed E-state index contributed by atoms with van der Waals surface area (Å²) in [5.74, 6) is 0.841. The third kappa shape index (κ3) is 2.99. The van der Waals surface area contributed by atoms with Gasteiger partial charge in [-0.05, 0) is 36.9 Å². The van der Waals surface area contributed by atoms with Gasteiger partial charge in [0, 0.05) is 12.3 Å². The Morgan fingerprint density at radius 3 is 2.80 bits per heavy atom. The molecule has 2 aromatic rings. The summed E-state index contributed by atoms with van der Waals surface area (Å²) in [7, 11) is 0. The smallest absolute Gasteiger partial charge is 0.154 e. The number of hydrogen-bond acceptors (Lipinski definition) is 2. The van der Waals surface area contributed by atoms with Gasteiger partial charge < -0.3 is 4.74 Å². The average Bonchev–Trinajstić information content (AvgIpc) is 2.28. The summed E-state index contributed by atoms with van der Waals surface area (Å²) in [4.78, 5) is 5.19. The molecule has 1 aromatic carbocycles.